The summed E-state index contributed by atoms with van der Waals surface area (Å²) in [6.45, 7) is 1.34. The summed E-state index contributed by atoms with van der Waals surface area (Å²) in [4.78, 5) is 35.1. The molecule has 0 spiro atoms. The lowest BCUT2D eigenvalue weighted by Crippen LogP contribution is -2.21. The molecule has 144 valence electrons. The van der Waals surface area contributed by atoms with E-state index in [4.69, 9.17) is 27.9 Å². The molecule has 2 rings (SSSR count). The van der Waals surface area contributed by atoms with Crippen LogP contribution in [0.15, 0.2) is 18.2 Å². The summed E-state index contributed by atoms with van der Waals surface area (Å²) < 4.78 is 4.87. The van der Waals surface area contributed by atoms with Crippen molar-refractivity contribution >= 4 is 63.1 Å². The molecule has 0 aliphatic carbocycles. The Morgan fingerprint density at radius 3 is 2.52 bits per heavy atom. The van der Waals surface area contributed by atoms with Gasteiger partial charge in [-0.2, -0.15) is 0 Å². The predicted molar refractivity (Wildman–Crippen MR) is 103 cm³/mol. The van der Waals surface area contributed by atoms with E-state index in [1.807, 2.05) is 0 Å². The molecule has 2 amide bonds. The number of carbonyl (C=O) groups excluding carboxylic acids is 3. The Bertz CT molecular complexity index is 844. The lowest BCUT2D eigenvalue weighted by Gasteiger charge is -2.07. The molecule has 0 aliphatic rings. The van der Waals surface area contributed by atoms with E-state index in [1.54, 1.807) is 19.1 Å². The number of carbonyl (C=O) groups is 3. The van der Waals surface area contributed by atoms with E-state index in [1.165, 1.54) is 17.4 Å². The van der Waals surface area contributed by atoms with Crippen molar-refractivity contribution in [2.24, 2.45) is 0 Å². The molecule has 0 saturated carbocycles. The Morgan fingerprint density at radius 1 is 1.07 bits per heavy atom. The fraction of sp³-hybridized carbons (Fsp3) is 0.312. The van der Waals surface area contributed by atoms with E-state index in [2.05, 4.69) is 20.8 Å². The van der Waals surface area contributed by atoms with Crippen LogP contribution >= 0.6 is 34.5 Å². The van der Waals surface area contributed by atoms with E-state index in [0.717, 1.165) is 5.01 Å². The molecule has 2 N–H and O–H groups in total. The number of hydrogen-bond donors (Lipinski definition) is 2. The Hall–Kier alpha value is -2.23. The fourth-order valence-corrected chi connectivity index (χ4v) is 2.82. The van der Waals surface area contributed by atoms with E-state index in [9.17, 15) is 14.4 Å². The Balaban J connectivity index is 1.63. The van der Waals surface area contributed by atoms with Crippen LogP contribution < -0.4 is 10.6 Å². The van der Waals surface area contributed by atoms with Crippen LogP contribution in [-0.4, -0.2) is 34.6 Å². The molecule has 1 heterocycles. The summed E-state index contributed by atoms with van der Waals surface area (Å²) in [5, 5.41) is 14.5. The highest BCUT2D eigenvalue weighted by molar-refractivity contribution is 7.15. The van der Waals surface area contributed by atoms with Gasteiger partial charge in [-0.05, 0) is 31.5 Å². The molecule has 27 heavy (non-hydrogen) atoms. The summed E-state index contributed by atoms with van der Waals surface area (Å²) in [6.07, 6.45) is 0.433. The first-order valence-corrected chi connectivity index (χ1v) is 9.41. The van der Waals surface area contributed by atoms with Crippen molar-refractivity contribution in [3.8, 4) is 0 Å². The van der Waals surface area contributed by atoms with Crippen molar-refractivity contribution in [1.82, 2.24) is 10.2 Å². The fourth-order valence-electron chi connectivity index (χ4n) is 1.91. The minimum atomic E-state index is -0.571. The number of aromatic nitrogens is 2. The molecule has 8 nitrogen and oxygen atoms in total. The SMILES string of the molecule is Cc1nnc(NC(=O)CCCC(=O)OCC(=O)Nc2ccc(Cl)c(Cl)c2)s1. The van der Waals surface area contributed by atoms with Crippen molar-refractivity contribution in [2.75, 3.05) is 17.2 Å². The van der Waals surface area contributed by atoms with Crippen LogP contribution in [0.4, 0.5) is 10.8 Å². The average molecular weight is 431 g/mol. The number of nitrogens with zero attached hydrogens (tertiary/aromatic N) is 2. The molecule has 0 aliphatic heterocycles. The summed E-state index contributed by atoms with van der Waals surface area (Å²) in [7, 11) is 0. The minimum Gasteiger partial charge on any atom is -0.456 e. The summed E-state index contributed by atoms with van der Waals surface area (Å²) in [6, 6.07) is 4.60. The third-order valence-corrected chi connectivity index (χ3v) is 4.62. The lowest BCUT2D eigenvalue weighted by atomic mass is 10.2. The third kappa shape index (κ3) is 7.49. The number of ether oxygens (including phenoxy) is 1. The molecular weight excluding hydrogens is 415 g/mol. The molecule has 0 saturated heterocycles. The van der Waals surface area contributed by atoms with Gasteiger partial charge in [0.1, 0.15) is 5.01 Å². The summed E-state index contributed by atoms with van der Waals surface area (Å²) in [5.74, 6) is -1.35. The van der Waals surface area contributed by atoms with Crippen LogP contribution in [-0.2, 0) is 19.1 Å². The van der Waals surface area contributed by atoms with E-state index < -0.39 is 18.5 Å². The van der Waals surface area contributed by atoms with Gasteiger partial charge < -0.3 is 15.4 Å². The first kappa shape index (κ1) is 21.1. The lowest BCUT2D eigenvalue weighted by molar-refractivity contribution is -0.147. The molecule has 2 aromatic rings. The first-order chi connectivity index (χ1) is 12.8. The van der Waals surface area contributed by atoms with Crippen molar-refractivity contribution in [3.63, 3.8) is 0 Å². The minimum absolute atomic E-state index is 0.0165. The van der Waals surface area contributed by atoms with Gasteiger partial charge in [0, 0.05) is 18.5 Å². The zero-order valence-electron chi connectivity index (χ0n) is 14.3. The van der Waals surface area contributed by atoms with Crippen molar-refractivity contribution < 1.29 is 19.1 Å². The van der Waals surface area contributed by atoms with Gasteiger partial charge in [-0.1, -0.05) is 34.5 Å². The van der Waals surface area contributed by atoms with E-state index >= 15 is 0 Å². The number of halogens is 2. The van der Waals surface area contributed by atoms with Gasteiger partial charge in [0.25, 0.3) is 5.91 Å². The number of aryl methyl sites for hydroxylation is 1. The van der Waals surface area contributed by atoms with Crippen LogP contribution in [0, 0.1) is 6.92 Å². The average Bonchev–Trinajstić information content (AvgIpc) is 3.01. The van der Waals surface area contributed by atoms with Gasteiger partial charge in [0.05, 0.1) is 10.0 Å². The maximum Gasteiger partial charge on any atom is 0.306 e. The monoisotopic (exact) mass is 430 g/mol. The number of anilines is 2. The van der Waals surface area contributed by atoms with Gasteiger partial charge in [0.15, 0.2) is 6.61 Å². The van der Waals surface area contributed by atoms with Gasteiger partial charge in [-0.3, -0.25) is 14.4 Å². The number of hydrogen-bond acceptors (Lipinski definition) is 7. The molecule has 1 aromatic heterocycles. The molecule has 0 atom stereocenters. The maximum absolute atomic E-state index is 11.8. The highest BCUT2D eigenvalue weighted by Crippen LogP contribution is 2.24. The molecule has 0 radical (unpaired) electrons. The van der Waals surface area contributed by atoms with Crippen LogP contribution in [0.25, 0.3) is 0 Å². The van der Waals surface area contributed by atoms with Gasteiger partial charge in [-0.15, -0.1) is 10.2 Å². The Kier molecular flexibility index (Phi) is 7.96. The first-order valence-electron chi connectivity index (χ1n) is 7.84. The predicted octanol–water partition coefficient (Wildman–Crippen LogP) is 3.44. The largest absolute Gasteiger partial charge is 0.456 e. The Labute approximate surface area is 169 Å². The van der Waals surface area contributed by atoms with Crippen molar-refractivity contribution in [2.45, 2.75) is 26.2 Å². The highest BCUT2D eigenvalue weighted by Gasteiger charge is 2.11. The normalized spacial score (nSPS) is 10.3. The second kappa shape index (κ2) is 10.2. The van der Waals surface area contributed by atoms with Gasteiger partial charge in [-0.25, -0.2) is 0 Å². The quantitative estimate of drug-likeness (QED) is 0.620. The Morgan fingerprint density at radius 2 is 1.85 bits per heavy atom. The standard InChI is InChI=1S/C16H16Cl2N4O4S/c1-9-21-22-16(27-9)20-13(23)3-2-4-15(25)26-8-14(24)19-10-5-6-11(17)12(18)7-10/h5-7H,2-4,8H2,1H3,(H,19,24)(H,20,22,23). The maximum atomic E-state index is 11.8. The molecule has 11 heteroatoms. The molecule has 1 aromatic carbocycles. The topological polar surface area (TPSA) is 110 Å². The van der Waals surface area contributed by atoms with Crippen LogP contribution in [0.3, 0.4) is 0 Å². The van der Waals surface area contributed by atoms with Crippen LogP contribution in [0.5, 0.6) is 0 Å². The number of nitrogens with one attached hydrogen (secondary N) is 2. The van der Waals surface area contributed by atoms with Crippen LogP contribution in [0.1, 0.15) is 24.3 Å². The zero-order valence-corrected chi connectivity index (χ0v) is 16.6. The molecule has 0 unspecified atom stereocenters. The number of rotatable bonds is 8. The second-order valence-corrected chi connectivity index (χ2v) is 7.36. The van der Waals surface area contributed by atoms with Crippen molar-refractivity contribution in [3.05, 3.63) is 33.3 Å². The molecule has 0 bridgehead atoms. The molecular formula is C16H16Cl2N4O4S. The van der Waals surface area contributed by atoms with E-state index in [0.29, 0.717) is 20.9 Å². The highest BCUT2D eigenvalue weighted by atomic mass is 35.5. The molecule has 0 fully saturated rings. The summed E-state index contributed by atoms with van der Waals surface area (Å²) in [5.41, 5.74) is 0.439. The number of amides is 2. The van der Waals surface area contributed by atoms with Crippen molar-refractivity contribution in [1.29, 1.82) is 0 Å². The van der Waals surface area contributed by atoms with Gasteiger partial charge in [0.2, 0.25) is 11.0 Å². The number of benzene rings is 1. The zero-order chi connectivity index (χ0) is 19.8. The van der Waals surface area contributed by atoms with E-state index in [-0.39, 0.29) is 25.2 Å². The van der Waals surface area contributed by atoms with Gasteiger partial charge >= 0.3 is 5.97 Å². The number of esters is 1. The smallest absolute Gasteiger partial charge is 0.306 e. The summed E-state index contributed by atoms with van der Waals surface area (Å²) >= 11 is 12.9. The second-order valence-electron chi connectivity index (χ2n) is 5.37. The third-order valence-electron chi connectivity index (χ3n) is 3.12. The van der Waals surface area contributed by atoms with Crippen LogP contribution in [0.2, 0.25) is 10.0 Å².